The lowest BCUT2D eigenvalue weighted by Crippen LogP contribution is -2.41. The van der Waals surface area contributed by atoms with E-state index in [1.807, 2.05) is 32.0 Å². The van der Waals surface area contributed by atoms with Crippen LogP contribution in [0.3, 0.4) is 0 Å². The third-order valence-electron chi connectivity index (χ3n) is 3.64. The van der Waals surface area contributed by atoms with Gasteiger partial charge in [0, 0.05) is 18.2 Å². The molecule has 1 fully saturated rings. The van der Waals surface area contributed by atoms with E-state index in [9.17, 15) is 13.2 Å². The zero-order valence-electron chi connectivity index (χ0n) is 12.0. The smallest absolute Gasteiger partial charge is 0.254 e. The van der Waals surface area contributed by atoms with E-state index >= 15 is 0 Å². The van der Waals surface area contributed by atoms with Crippen molar-refractivity contribution in [2.75, 3.05) is 18.1 Å². The Morgan fingerprint density at radius 2 is 2.15 bits per heavy atom. The van der Waals surface area contributed by atoms with Crippen molar-refractivity contribution in [3.8, 4) is 0 Å². The number of amides is 1. The van der Waals surface area contributed by atoms with Crippen LogP contribution in [0.2, 0.25) is 0 Å². The molecule has 1 saturated heterocycles. The Kier molecular flexibility index (Phi) is 4.48. The highest BCUT2D eigenvalue weighted by Gasteiger charge is 2.34. The van der Waals surface area contributed by atoms with E-state index in [2.05, 4.69) is 0 Å². The molecule has 0 aliphatic carbocycles. The van der Waals surface area contributed by atoms with Crippen LogP contribution >= 0.6 is 0 Å². The Morgan fingerprint density at radius 1 is 1.40 bits per heavy atom. The van der Waals surface area contributed by atoms with Gasteiger partial charge >= 0.3 is 0 Å². The first-order valence-electron chi connectivity index (χ1n) is 7.01. The molecule has 5 heteroatoms. The summed E-state index contributed by atoms with van der Waals surface area (Å²) < 4.78 is 23.2. The van der Waals surface area contributed by atoms with Crippen LogP contribution in [0, 0.1) is 6.92 Å². The fourth-order valence-electron chi connectivity index (χ4n) is 2.66. The van der Waals surface area contributed by atoms with Gasteiger partial charge in [0.2, 0.25) is 0 Å². The van der Waals surface area contributed by atoms with Crippen LogP contribution in [-0.2, 0) is 9.84 Å². The molecule has 1 aliphatic rings. The number of hydrogen-bond donors (Lipinski definition) is 0. The first-order chi connectivity index (χ1) is 9.43. The summed E-state index contributed by atoms with van der Waals surface area (Å²) in [5, 5.41) is 0. The molecule has 0 radical (unpaired) electrons. The summed E-state index contributed by atoms with van der Waals surface area (Å²) in [7, 11) is -2.98. The third-order valence-corrected chi connectivity index (χ3v) is 5.39. The minimum Gasteiger partial charge on any atom is -0.335 e. The lowest BCUT2D eigenvalue weighted by atomic mass is 10.1. The Hall–Kier alpha value is -1.36. The molecule has 1 aliphatic heterocycles. The van der Waals surface area contributed by atoms with Crippen molar-refractivity contribution in [2.24, 2.45) is 0 Å². The minimum atomic E-state index is -2.98. The number of benzene rings is 1. The second kappa shape index (κ2) is 5.95. The van der Waals surface area contributed by atoms with Gasteiger partial charge in [-0.25, -0.2) is 8.42 Å². The maximum Gasteiger partial charge on any atom is 0.254 e. The van der Waals surface area contributed by atoms with Crippen LogP contribution in [0.4, 0.5) is 0 Å². The molecule has 1 amide bonds. The summed E-state index contributed by atoms with van der Waals surface area (Å²) in [6, 6.07) is 7.28. The molecule has 1 unspecified atom stereocenters. The van der Waals surface area contributed by atoms with E-state index < -0.39 is 9.84 Å². The highest BCUT2D eigenvalue weighted by molar-refractivity contribution is 7.91. The normalized spacial score (nSPS) is 20.8. The first-order valence-corrected chi connectivity index (χ1v) is 8.83. The van der Waals surface area contributed by atoms with E-state index in [-0.39, 0.29) is 23.5 Å². The van der Waals surface area contributed by atoms with Crippen molar-refractivity contribution in [1.29, 1.82) is 0 Å². The third kappa shape index (κ3) is 3.39. The van der Waals surface area contributed by atoms with Crippen LogP contribution in [0.5, 0.6) is 0 Å². The van der Waals surface area contributed by atoms with Crippen LogP contribution in [0.15, 0.2) is 24.3 Å². The van der Waals surface area contributed by atoms with E-state index in [4.69, 9.17) is 0 Å². The topological polar surface area (TPSA) is 54.5 Å². The molecule has 0 bridgehead atoms. The number of hydrogen-bond acceptors (Lipinski definition) is 3. The Bertz CT molecular complexity index is 595. The predicted molar refractivity (Wildman–Crippen MR) is 79.6 cm³/mol. The van der Waals surface area contributed by atoms with Crippen molar-refractivity contribution in [3.63, 3.8) is 0 Å². The molecule has 1 atom stereocenters. The molecular weight excluding hydrogens is 274 g/mol. The van der Waals surface area contributed by atoms with Crippen LogP contribution in [-0.4, -0.2) is 43.3 Å². The van der Waals surface area contributed by atoms with Gasteiger partial charge < -0.3 is 4.90 Å². The summed E-state index contributed by atoms with van der Waals surface area (Å²) >= 11 is 0. The van der Waals surface area contributed by atoms with Gasteiger partial charge in [0.25, 0.3) is 5.91 Å². The summed E-state index contributed by atoms with van der Waals surface area (Å²) in [4.78, 5) is 14.4. The highest BCUT2D eigenvalue weighted by Crippen LogP contribution is 2.20. The van der Waals surface area contributed by atoms with Crippen LogP contribution in [0.25, 0.3) is 0 Å². The van der Waals surface area contributed by atoms with Gasteiger partial charge in [0.15, 0.2) is 9.84 Å². The lowest BCUT2D eigenvalue weighted by molar-refractivity contribution is 0.0697. The summed E-state index contributed by atoms with van der Waals surface area (Å²) in [6.07, 6.45) is 1.38. The Morgan fingerprint density at radius 3 is 2.70 bits per heavy atom. The van der Waals surface area contributed by atoms with E-state index in [1.165, 1.54) is 0 Å². The maximum atomic E-state index is 12.6. The molecule has 0 aromatic heterocycles. The van der Waals surface area contributed by atoms with Crippen LogP contribution < -0.4 is 0 Å². The van der Waals surface area contributed by atoms with Gasteiger partial charge in [-0.05, 0) is 31.9 Å². The largest absolute Gasteiger partial charge is 0.335 e. The van der Waals surface area contributed by atoms with Gasteiger partial charge in [-0.3, -0.25) is 4.79 Å². The number of nitrogens with zero attached hydrogens (tertiary/aromatic N) is 1. The average Bonchev–Trinajstić information content (AvgIpc) is 2.75. The molecule has 20 heavy (non-hydrogen) atoms. The molecule has 2 rings (SSSR count). The number of aryl methyl sites for hydroxylation is 1. The van der Waals surface area contributed by atoms with Crippen molar-refractivity contribution in [2.45, 2.75) is 32.7 Å². The molecule has 1 aromatic carbocycles. The molecule has 1 heterocycles. The summed E-state index contributed by atoms with van der Waals surface area (Å²) in [6.45, 7) is 4.55. The van der Waals surface area contributed by atoms with Crippen LogP contribution in [0.1, 0.15) is 35.7 Å². The van der Waals surface area contributed by atoms with Gasteiger partial charge in [-0.2, -0.15) is 0 Å². The molecule has 4 nitrogen and oxygen atoms in total. The standard InChI is InChI=1S/C15H21NO3S/c1-3-8-16(14-7-9-20(18,19)11-14)15(17)13-6-4-5-12(2)10-13/h4-6,10,14H,3,7-9,11H2,1-2H3. The summed E-state index contributed by atoms with van der Waals surface area (Å²) in [5.41, 5.74) is 1.68. The molecule has 0 saturated carbocycles. The quantitative estimate of drug-likeness (QED) is 0.854. The van der Waals surface area contributed by atoms with Gasteiger partial charge in [-0.15, -0.1) is 0 Å². The van der Waals surface area contributed by atoms with E-state index in [1.54, 1.807) is 11.0 Å². The molecule has 1 aromatic rings. The van der Waals surface area contributed by atoms with Gasteiger partial charge in [0.1, 0.15) is 0 Å². The molecular formula is C15H21NO3S. The lowest BCUT2D eigenvalue weighted by Gasteiger charge is -2.28. The Balaban J connectivity index is 2.22. The predicted octanol–water partition coefficient (Wildman–Crippen LogP) is 2.03. The summed E-state index contributed by atoms with van der Waals surface area (Å²) in [5.74, 6) is 0.237. The number of carbonyl (C=O) groups is 1. The van der Waals surface area contributed by atoms with Crippen molar-refractivity contribution in [1.82, 2.24) is 4.90 Å². The van der Waals surface area contributed by atoms with Gasteiger partial charge in [0.05, 0.1) is 11.5 Å². The van der Waals surface area contributed by atoms with Gasteiger partial charge in [-0.1, -0.05) is 24.6 Å². The average molecular weight is 295 g/mol. The maximum absolute atomic E-state index is 12.6. The molecule has 0 spiro atoms. The first kappa shape index (κ1) is 15.0. The molecule has 110 valence electrons. The minimum absolute atomic E-state index is 0.0577. The number of carbonyl (C=O) groups excluding carboxylic acids is 1. The van der Waals surface area contributed by atoms with Crippen molar-refractivity contribution >= 4 is 15.7 Å². The second-order valence-electron chi connectivity index (χ2n) is 5.42. The number of rotatable bonds is 4. The van der Waals surface area contributed by atoms with Crippen molar-refractivity contribution < 1.29 is 13.2 Å². The fraction of sp³-hybridized carbons (Fsp3) is 0.533. The zero-order chi connectivity index (χ0) is 14.8. The van der Waals surface area contributed by atoms with E-state index in [0.717, 1.165) is 12.0 Å². The SMILES string of the molecule is CCCN(C(=O)c1cccc(C)c1)C1CCS(=O)(=O)C1. The monoisotopic (exact) mass is 295 g/mol. The second-order valence-corrected chi connectivity index (χ2v) is 7.65. The van der Waals surface area contributed by atoms with Crippen molar-refractivity contribution in [3.05, 3.63) is 35.4 Å². The Labute approximate surface area is 120 Å². The molecule has 0 N–H and O–H groups in total. The highest BCUT2D eigenvalue weighted by atomic mass is 32.2. The van der Waals surface area contributed by atoms with E-state index in [0.29, 0.717) is 18.5 Å². The number of sulfone groups is 1. The fourth-order valence-corrected chi connectivity index (χ4v) is 4.39. The zero-order valence-corrected chi connectivity index (χ0v) is 12.8.